The van der Waals surface area contributed by atoms with Crippen LogP contribution in [0.15, 0.2) is 59.6 Å². The van der Waals surface area contributed by atoms with Crippen molar-refractivity contribution in [1.29, 1.82) is 0 Å². The number of halogens is 1. The summed E-state index contributed by atoms with van der Waals surface area (Å²) < 4.78 is 0. The molecule has 0 spiro atoms. The van der Waals surface area contributed by atoms with Crippen LogP contribution in [0.1, 0.15) is 56.1 Å². The van der Waals surface area contributed by atoms with Crippen LogP contribution in [0.3, 0.4) is 0 Å². The van der Waals surface area contributed by atoms with E-state index < -0.39 is 0 Å². The summed E-state index contributed by atoms with van der Waals surface area (Å²) in [6.45, 7) is 3.93. The number of anilines is 1. The summed E-state index contributed by atoms with van der Waals surface area (Å²) in [7, 11) is 0. The number of carbonyl (C=O) groups excluding carboxylic acids is 1. The van der Waals surface area contributed by atoms with E-state index in [2.05, 4.69) is 16.0 Å². The summed E-state index contributed by atoms with van der Waals surface area (Å²) in [5, 5.41) is 19.5. The predicted molar refractivity (Wildman–Crippen MR) is 146 cm³/mol. The van der Waals surface area contributed by atoms with Gasteiger partial charge in [0.25, 0.3) is 0 Å². The maximum Gasteiger partial charge on any atom is 0.227 e. The Morgan fingerprint density at radius 1 is 1.06 bits per heavy atom. The van der Waals surface area contributed by atoms with E-state index in [1.165, 1.54) is 6.42 Å². The Morgan fingerprint density at radius 3 is 2.52 bits per heavy atom. The smallest absolute Gasteiger partial charge is 0.227 e. The maximum atomic E-state index is 12.5. The van der Waals surface area contributed by atoms with Crippen LogP contribution in [0.4, 0.5) is 5.69 Å². The van der Waals surface area contributed by atoms with Gasteiger partial charge in [0.1, 0.15) is 0 Å². The van der Waals surface area contributed by atoms with E-state index in [0.29, 0.717) is 19.0 Å². The highest BCUT2D eigenvalue weighted by Crippen LogP contribution is 2.25. The van der Waals surface area contributed by atoms with Crippen molar-refractivity contribution in [2.24, 2.45) is 10.9 Å². The standard InChI is InChI=1S/C26H36N4O2.HI/c1-2-27-26(29-18-23(19-31)21-11-5-3-6-12-21)28-17-20-10-9-15-24(16-20)30-25(32)22-13-7-4-8-14-22;/h3,5-6,9-12,15-16,22-23,31H,2,4,7-8,13-14,17-19H2,1H3,(H,30,32)(H2,27,28,29);1H. The number of amides is 1. The molecule has 1 amide bonds. The lowest BCUT2D eigenvalue weighted by atomic mass is 9.88. The van der Waals surface area contributed by atoms with Crippen LogP contribution in [-0.4, -0.2) is 36.7 Å². The topological polar surface area (TPSA) is 85.8 Å². The van der Waals surface area contributed by atoms with Gasteiger partial charge in [0.05, 0.1) is 13.2 Å². The van der Waals surface area contributed by atoms with Crippen LogP contribution in [0, 0.1) is 5.92 Å². The molecule has 1 aliphatic rings. The number of carbonyl (C=O) groups is 1. The third-order valence-corrected chi connectivity index (χ3v) is 5.94. The second-order valence-corrected chi connectivity index (χ2v) is 8.39. The molecule has 0 radical (unpaired) electrons. The SMILES string of the molecule is CCNC(=NCc1cccc(NC(=O)C2CCCCC2)c1)NCC(CO)c1ccccc1.I. The number of aliphatic hydroxyl groups excluding tert-OH is 1. The lowest BCUT2D eigenvalue weighted by Gasteiger charge is -2.20. The lowest BCUT2D eigenvalue weighted by Crippen LogP contribution is -2.39. The summed E-state index contributed by atoms with van der Waals surface area (Å²) in [5.74, 6) is 0.979. The number of aliphatic hydroxyl groups is 1. The van der Waals surface area contributed by atoms with Gasteiger partial charge in [-0.15, -0.1) is 24.0 Å². The van der Waals surface area contributed by atoms with Crippen molar-refractivity contribution in [3.05, 3.63) is 65.7 Å². The number of hydrogen-bond donors (Lipinski definition) is 4. The Labute approximate surface area is 214 Å². The number of guanidine groups is 1. The van der Waals surface area contributed by atoms with E-state index in [1.807, 2.05) is 61.5 Å². The molecule has 4 N–H and O–H groups in total. The molecule has 1 unspecified atom stereocenters. The molecule has 6 nitrogen and oxygen atoms in total. The highest BCUT2D eigenvalue weighted by molar-refractivity contribution is 14.0. The van der Waals surface area contributed by atoms with Gasteiger partial charge in [-0.1, -0.05) is 61.7 Å². The quantitative estimate of drug-likeness (QED) is 0.203. The van der Waals surface area contributed by atoms with E-state index in [4.69, 9.17) is 4.99 Å². The number of aliphatic imine (C=N–C) groups is 1. The zero-order chi connectivity index (χ0) is 22.6. The zero-order valence-corrected chi connectivity index (χ0v) is 21.8. The largest absolute Gasteiger partial charge is 0.396 e. The molecule has 3 rings (SSSR count). The summed E-state index contributed by atoms with van der Waals surface area (Å²) in [6, 6.07) is 17.9. The molecule has 1 saturated carbocycles. The van der Waals surface area contributed by atoms with Crippen LogP contribution in [-0.2, 0) is 11.3 Å². The first kappa shape index (κ1) is 27.1. The Hall–Kier alpha value is -2.13. The monoisotopic (exact) mass is 564 g/mol. The van der Waals surface area contributed by atoms with Crippen molar-refractivity contribution in [2.75, 3.05) is 25.0 Å². The normalized spacial score (nSPS) is 15.3. The van der Waals surface area contributed by atoms with Gasteiger partial charge in [0.2, 0.25) is 5.91 Å². The van der Waals surface area contributed by atoms with Crippen LogP contribution in [0.25, 0.3) is 0 Å². The minimum atomic E-state index is -0.00150. The van der Waals surface area contributed by atoms with Gasteiger partial charge in [0, 0.05) is 30.6 Å². The first-order chi connectivity index (χ1) is 15.7. The molecule has 33 heavy (non-hydrogen) atoms. The first-order valence-electron chi connectivity index (χ1n) is 11.8. The molecule has 0 aliphatic heterocycles. The molecule has 180 valence electrons. The fraction of sp³-hybridized carbons (Fsp3) is 0.462. The summed E-state index contributed by atoms with van der Waals surface area (Å²) in [6.07, 6.45) is 5.52. The fourth-order valence-corrected chi connectivity index (χ4v) is 4.10. The van der Waals surface area contributed by atoms with E-state index in [9.17, 15) is 9.90 Å². The molecular weight excluding hydrogens is 527 g/mol. The Morgan fingerprint density at radius 2 is 1.82 bits per heavy atom. The van der Waals surface area contributed by atoms with Crippen molar-refractivity contribution >= 4 is 41.5 Å². The van der Waals surface area contributed by atoms with E-state index in [-0.39, 0.29) is 48.3 Å². The summed E-state index contributed by atoms with van der Waals surface area (Å²) in [4.78, 5) is 17.2. The molecule has 0 aromatic heterocycles. The van der Waals surface area contributed by atoms with Crippen LogP contribution in [0.5, 0.6) is 0 Å². The van der Waals surface area contributed by atoms with Gasteiger partial charge >= 0.3 is 0 Å². The molecule has 2 aromatic carbocycles. The van der Waals surface area contributed by atoms with E-state index in [1.54, 1.807) is 0 Å². The number of rotatable bonds is 9. The zero-order valence-electron chi connectivity index (χ0n) is 19.4. The minimum Gasteiger partial charge on any atom is -0.396 e. The van der Waals surface area contributed by atoms with Crippen molar-refractivity contribution in [1.82, 2.24) is 10.6 Å². The predicted octanol–water partition coefficient (Wildman–Crippen LogP) is 4.65. The lowest BCUT2D eigenvalue weighted by molar-refractivity contribution is -0.120. The van der Waals surface area contributed by atoms with Gasteiger partial charge < -0.3 is 21.1 Å². The third kappa shape index (κ3) is 8.97. The average molecular weight is 565 g/mol. The van der Waals surface area contributed by atoms with Crippen molar-refractivity contribution in [3.63, 3.8) is 0 Å². The number of nitrogens with zero attached hydrogens (tertiary/aromatic N) is 1. The molecule has 0 heterocycles. The number of nitrogens with one attached hydrogen (secondary N) is 3. The van der Waals surface area contributed by atoms with Crippen molar-refractivity contribution in [2.45, 2.75) is 51.5 Å². The molecule has 1 atom stereocenters. The van der Waals surface area contributed by atoms with Crippen LogP contribution < -0.4 is 16.0 Å². The highest BCUT2D eigenvalue weighted by atomic mass is 127. The Bertz CT molecular complexity index is 870. The van der Waals surface area contributed by atoms with Gasteiger partial charge in [0.15, 0.2) is 5.96 Å². The van der Waals surface area contributed by atoms with Crippen LogP contribution in [0.2, 0.25) is 0 Å². The molecule has 0 saturated heterocycles. The minimum absolute atomic E-state index is 0. The fourth-order valence-electron chi connectivity index (χ4n) is 4.10. The Kier molecular flexibility index (Phi) is 12.2. The second-order valence-electron chi connectivity index (χ2n) is 8.39. The maximum absolute atomic E-state index is 12.5. The molecule has 1 aliphatic carbocycles. The van der Waals surface area contributed by atoms with Crippen molar-refractivity contribution in [3.8, 4) is 0 Å². The summed E-state index contributed by atoms with van der Waals surface area (Å²) >= 11 is 0. The van der Waals surface area contributed by atoms with Crippen molar-refractivity contribution < 1.29 is 9.90 Å². The Balaban J connectivity index is 0.00000385. The average Bonchev–Trinajstić information content (AvgIpc) is 2.84. The number of hydrogen-bond acceptors (Lipinski definition) is 3. The number of benzene rings is 2. The highest BCUT2D eigenvalue weighted by Gasteiger charge is 2.21. The van der Waals surface area contributed by atoms with Gasteiger partial charge in [-0.3, -0.25) is 4.79 Å². The molecule has 1 fully saturated rings. The van der Waals surface area contributed by atoms with Gasteiger partial charge in [-0.2, -0.15) is 0 Å². The molecular formula is C26H37IN4O2. The van der Waals surface area contributed by atoms with E-state index >= 15 is 0 Å². The third-order valence-electron chi connectivity index (χ3n) is 5.94. The summed E-state index contributed by atoms with van der Waals surface area (Å²) in [5.41, 5.74) is 2.96. The molecule has 2 aromatic rings. The van der Waals surface area contributed by atoms with E-state index in [0.717, 1.165) is 49.0 Å². The van der Waals surface area contributed by atoms with Gasteiger partial charge in [-0.25, -0.2) is 4.99 Å². The second kappa shape index (κ2) is 14.9. The molecule has 7 heteroatoms. The first-order valence-corrected chi connectivity index (χ1v) is 11.8. The van der Waals surface area contributed by atoms with Crippen LogP contribution >= 0.6 is 24.0 Å². The molecule has 0 bridgehead atoms. The van der Waals surface area contributed by atoms with Gasteiger partial charge in [-0.05, 0) is 43.0 Å².